The molecular formula is C15H23NO2. The van der Waals surface area contributed by atoms with E-state index in [0.29, 0.717) is 6.54 Å². The average molecular weight is 249 g/mol. The highest BCUT2D eigenvalue weighted by atomic mass is 16.5. The summed E-state index contributed by atoms with van der Waals surface area (Å²) >= 11 is 0. The summed E-state index contributed by atoms with van der Waals surface area (Å²) in [6, 6.07) is 8.04. The van der Waals surface area contributed by atoms with E-state index < -0.39 is 0 Å². The standard InChI is InChI=1S/C15H23NO2/c16-11-10-12-6-8-13(9-7-12)18-15-5-3-1-2-4-14(15)17/h6-9,14-15,17H,1-5,10-11,16H2. The first-order chi connectivity index (χ1) is 8.79. The van der Waals surface area contributed by atoms with Crippen molar-refractivity contribution in [3.8, 4) is 5.75 Å². The molecule has 2 atom stereocenters. The number of ether oxygens (including phenoxy) is 1. The zero-order valence-corrected chi connectivity index (χ0v) is 10.8. The predicted octanol–water partition coefficient (Wildman–Crippen LogP) is 2.26. The SMILES string of the molecule is NCCc1ccc(OC2CCCCCC2O)cc1. The van der Waals surface area contributed by atoms with Crippen LogP contribution in [0.2, 0.25) is 0 Å². The minimum absolute atomic E-state index is 0.0483. The number of benzene rings is 1. The van der Waals surface area contributed by atoms with Crippen LogP contribution in [0, 0.1) is 0 Å². The molecule has 1 fully saturated rings. The van der Waals surface area contributed by atoms with E-state index in [0.717, 1.165) is 37.9 Å². The largest absolute Gasteiger partial charge is 0.488 e. The maximum atomic E-state index is 10.0. The maximum absolute atomic E-state index is 10.0. The third-order valence-electron chi connectivity index (χ3n) is 3.56. The lowest BCUT2D eigenvalue weighted by atomic mass is 10.1. The minimum Gasteiger partial charge on any atom is -0.488 e. The molecule has 0 radical (unpaired) electrons. The van der Waals surface area contributed by atoms with Gasteiger partial charge in [-0.2, -0.15) is 0 Å². The number of hydrogen-bond donors (Lipinski definition) is 2. The molecule has 0 saturated heterocycles. The van der Waals surface area contributed by atoms with Gasteiger partial charge in [0.25, 0.3) is 0 Å². The monoisotopic (exact) mass is 249 g/mol. The molecule has 18 heavy (non-hydrogen) atoms. The lowest BCUT2D eigenvalue weighted by Crippen LogP contribution is -2.30. The van der Waals surface area contributed by atoms with Crippen LogP contribution in [0.5, 0.6) is 5.75 Å². The van der Waals surface area contributed by atoms with Gasteiger partial charge in [-0.25, -0.2) is 0 Å². The molecular weight excluding hydrogens is 226 g/mol. The van der Waals surface area contributed by atoms with E-state index in [2.05, 4.69) is 0 Å². The summed E-state index contributed by atoms with van der Waals surface area (Å²) in [4.78, 5) is 0. The second-order valence-electron chi connectivity index (χ2n) is 5.04. The van der Waals surface area contributed by atoms with E-state index in [1.165, 1.54) is 12.0 Å². The van der Waals surface area contributed by atoms with E-state index >= 15 is 0 Å². The van der Waals surface area contributed by atoms with Crippen molar-refractivity contribution < 1.29 is 9.84 Å². The molecule has 3 heteroatoms. The summed E-state index contributed by atoms with van der Waals surface area (Å²) in [5.41, 5.74) is 6.75. The van der Waals surface area contributed by atoms with Crippen molar-refractivity contribution in [3.05, 3.63) is 29.8 Å². The summed E-state index contributed by atoms with van der Waals surface area (Å²) < 4.78 is 5.90. The number of rotatable bonds is 4. The summed E-state index contributed by atoms with van der Waals surface area (Å²) in [6.07, 6.45) is 5.79. The zero-order chi connectivity index (χ0) is 12.8. The zero-order valence-electron chi connectivity index (χ0n) is 10.8. The van der Waals surface area contributed by atoms with Gasteiger partial charge in [0.1, 0.15) is 11.9 Å². The highest BCUT2D eigenvalue weighted by Crippen LogP contribution is 2.23. The minimum atomic E-state index is -0.323. The van der Waals surface area contributed by atoms with Crippen molar-refractivity contribution in [1.29, 1.82) is 0 Å². The molecule has 100 valence electrons. The number of aliphatic hydroxyl groups is 1. The van der Waals surface area contributed by atoms with Crippen molar-refractivity contribution in [1.82, 2.24) is 0 Å². The van der Waals surface area contributed by atoms with Crippen molar-refractivity contribution in [2.45, 2.75) is 50.7 Å². The van der Waals surface area contributed by atoms with Crippen LogP contribution in [0.1, 0.15) is 37.7 Å². The van der Waals surface area contributed by atoms with Crippen LogP contribution in [0.4, 0.5) is 0 Å². The van der Waals surface area contributed by atoms with Crippen LogP contribution in [0.3, 0.4) is 0 Å². The lowest BCUT2D eigenvalue weighted by molar-refractivity contribution is 0.0320. The molecule has 0 amide bonds. The Kier molecular flexibility index (Phi) is 5.02. The van der Waals surface area contributed by atoms with Crippen LogP contribution in [-0.2, 0) is 6.42 Å². The molecule has 0 spiro atoms. The molecule has 1 aromatic rings. The highest BCUT2D eigenvalue weighted by molar-refractivity contribution is 5.27. The first kappa shape index (κ1) is 13.4. The molecule has 1 aliphatic carbocycles. The van der Waals surface area contributed by atoms with E-state index in [1.807, 2.05) is 24.3 Å². The van der Waals surface area contributed by atoms with Crippen LogP contribution in [0.25, 0.3) is 0 Å². The second-order valence-corrected chi connectivity index (χ2v) is 5.04. The van der Waals surface area contributed by atoms with E-state index in [4.69, 9.17) is 10.5 Å². The number of nitrogens with two attached hydrogens (primary N) is 1. The number of hydrogen-bond acceptors (Lipinski definition) is 3. The van der Waals surface area contributed by atoms with Crippen LogP contribution < -0.4 is 10.5 Å². The first-order valence-corrected chi connectivity index (χ1v) is 6.93. The summed E-state index contributed by atoms with van der Waals surface area (Å²) in [5, 5.41) is 10.0. The van der Waals surface area contributed by atoms with E-state index in [-0.39, 0.29) is 12.2 Å². The Morgan fingerprint density at radius 1 is 1.11 bits per heavy atom. The Balaban J connectivity index is 1.94. The Hall–Kier alpha value is -1.06. The van der Waals surface area contributed by atoms with Crippen molar-refractivity contribution in [2.24, 2.45) is 5.73 Å². The Labute approximate surface area is 109 Å². The molecule has 1 saturated carbocycles. The van der Waals surface area contributed by atoms with Gasteiger partial charge in [0.15, 0.2) is 0 Å². The molecule has 2 unspecified atom stereocenters. The fourth-order valence-electron chi connectivity index (χ4n) is 2.47. The molecule has 3 N–H and O–H groups in total. The highest BCUT2D eigenvalue weighted by Gasteiger charge is 2.23. The van der Waals surface area contributed by atoms with Crippen molar-refractivity contribution in [2.75, 3.05) is 6.54 Å². The van der Waals surface area contributed by atoms with Gasteiger partial charge in [-0.05, 0) is 49.9 Å². The fraction of sp³-hybridized carbons (Fsp3) is 0.600. The summed E-state index contributed by atoms with van der Waals surface area (Å²) in [7, 11) is 0. The maximum Gasteiger partial charge on any atom is 0.124 e. The average Bonchev–Trinajstić information content (AvgIpc) is 2.58. The molecule has 3 nitrogen and oxygen atoms in total. The third kappa shape index (κ3) is 3.72. The smallest absolute Gasteiger partial charge is 0.124 e. The summed E-state index contributed by atoms with van der Waals surface area (Å²) in [5.74, 6) is 0.849. The van der Waals surface area contributed by atoms with Gasteiger partial charge in [-0.15, -0.1) is 0 Å². The molecule has 0 bridgehead atoms. The van der Waals surface area contributed by atoms with Gasteiger partial charge in [0.05, 0.1) is 6.10 Å². The molecule has 1 aliphatic rings. The Morgan fingerprint density at radius 3 is 2.56 bits per heavy atom. The molecule has 0 heterocycles. The van der Waals surface area contributed by atoms with Gasteiger partial charge in [0.2, 0.25) is 0 Å². The topological polar surface area (TPSA) is 55.5 Å². The normalized spacial score (nSPS) is 24.6. The van der Waals surface area contributed by atoms with Gasteiger partial charge < -0.3 is 15.6 Å². The molecule has 0 aliphatic heterocycles. The lowest BCUT2D eigenvalue weighted by Gasteiger charge is -2.22. The molecule has 1 aromatic carbocycles. The van der Waals surface area contributed by atoms with Gasteiger partial charge in [0, 0.05) is 0 Å². The Bertz CT molecular complexity index is 350. The van der Waals surface area contributed by atoms with Crippen LogP contribution in [0.15, 0.2) is 24.3 Å². The second kappa shape index (κ2) is 6.76. The first-order valence-electron chi connectivity index (χ1n) is 6.93. The fourth-order valence-corrected chi connectivity index (χ4v) is 2.47. The number of aliphatic hydroxyl groups excluding tert-OH is 1. The third-order valence-corrected chi connectivity index (χ3v) is 3.56. The molecule has 2 rings (SSSR count). The van der Waals surface area contributed by atoms with Crippen molar-refractivity contribution >= 4 is 0 Å². The molecule has 0 aromatic heterocycles. The quantitative estimate of drug-likeness (QED) is 0.805. The Morgan fingerprint density at radius 2 is 1.83 bits per heavy atom. The van der Waals surface area contributed by atoms with E-state index in [9.17, 15) is 5.11 Å². The van der Waals surface area contributed by atoms with Crippen LogP contribution >= 0.6 is 0 Å². The van der Waals surface area contributed by atoms with Gasteiger partial charge in [-0.3, -0.25) is 0 Å². The van der Waals surface area contributed by atoms with Gasteiger partial charge in [-0.1, -0.05) is 25.0 Å². The van der Waals surface area contributed by atoms with Crippen molar-refractivity contribution in [3.63, 3.8) is 0 Å². The predicted molar refractivity (Wildman–Crippen MR) is 72.7 cm³/mol. The van der Waals surface area contributed by atoms with Crippen LogP contribution in [-0.4, -0.2) is 23.9 Å². The van der Waals surface area contributed by atoms with E-state index in [1.54, 1.807) is 0 Å². The van der Waals surface area contributed by atoms with Gasteiger partial charge >= 0.3 is 0 Å². The summed E-state index contributed by atoms with van der Waals surface area (Å²) in [6.45, 7) is 0.668.